The van der Waals surface area contributed by atoms with Crippen LogP contribution in [0.3, 0.4) is 0 Å². The summed E-state index contributed by atoms with van der Waals surface area (Å²) in [5.41, 5.74) is 0.622. The van der Waals surface area contributed by atoms with Gasteiger partial charge in [0.15, 0.2) is 0 Å². The van der Waals surface area contributed by atoms with Gasteiger partial charge in [-0.1, -0.05) is 0 Å². The molecule has 2 aromatic heterocycles. The summed E-state index contributed by atoms with van der Waals surface area (Å²) in [6.45, 7) is 3.38. The summed E-state index contributed by atoms with van der Waals surface area (Å²) in [7, 11) is 0. The van der Waals surface area contributed by atoms with Crippen LogP contribution in [0, 0.1) is 6.92 Å². The molecule has 1 saturated heterocycles. The predicted octanol–water partition coefficient (Wildman–Crippen LogP) is 1.27. The number of rotatable bonds is 3. The van der Waals surface area contributed by atoms with Crippen LogP contribution >= 0.6 is 0 Å². The summed E-state index contributed by atoms with van der Waals surface area (Å²) >= 11 is 0. The van der Waals surface area contributed by atoms with Gasteiger partial charge in [-0.05, 0) is 32.6 Å². The molecule has 0 amide bonds. The average molecular weight is 300 g/mol. The molecule has 3 heterocycles. The maximum Gasteiger partial charge on any atom is 0.134 e. The monoisotopic (exact) mass is 300 g/mol. The Hall–Kier alpha value is -2.02. The summed E-state index contributed by atoms with van der Waals surface area (Å²) in [6, 6.07) is 2.00. The lowest BCUT2D eigenvalue weighted by Crippen LogP contribution is -2.46. The first-order valence-corrected chi connectivity index (χ1v) is 7.83. The van der Waals surface area contributed by atoms with Crippen molar-refractivity contribution in [2.45, 2.75) is 44.1 Å². The van der Waals surface area contributed by atoms with Crippen molar-refractivity contribution in [1.29, 1.82) is 0 Å². The first kappa shape index (κ1) is 13.6. The van der Waals surface area contributed by atoms with E-state index in [4.69, 9.17) is 4.98 Å². The van der Waals surface area contributed by atoms with Gasteiger partial charge in [0.05, 0.1) is 12.7 Å². The van der Waals surface area contributed by atoms with Crippen molar-refractivity contribution >= 4 is 5.82 Å². The van der Waals surface area contributed by atoms with Crippen LogP contribution in [0.25, 0.3) is 0 Å². The lowest BCUT2D eigenvalue weighted by atomic mass is 9.90. The number of anilines is 1. The van der Waals surface area contributed by atoms with Gasteiger partial charge in [0.25, 0.3) is 0 Å². The number of H-pyrrole nitrogens is 1. The van der Waals surface area contributed by atoms with E-state index in [0.29, 0.717) is 24.6 Å². The molecule has 1 saturated carbocycles. The number of nitrogens with one attached hydrogen (secondary N) is 1. The second-order valence-electron chi connectivity index (χ2n) is 6.41. The van der Waals surface area contributed by atoms with Crippen LogP contribution in [0.15, 0.2) is 12.3 Å². The molecule has 0 unspecified atom stereocenters. The van der Waals surface area contributed by atoms with Gasteiger partial charge in [-0.2, -0.15) is 15.4 Å². The standard InChI is InChI=1S/C15H20N6O/c1-10-7-13(18-14(17-10)11-3-4-11)21-6-2-5-15(22,9-21)12-8-16-20-19-12/h7-8,11,22H,2-6,9H2,1H3,(H,16,19,20)/t15-/m1/s1. The number of hydrogen-bond acceptors (Lipinski definition) is 6. The number of hydrogen-bond donors (Lipinski definition) is 2. The molecule has 7 heteroatoms. The van der Waals surface area contributed by atoms with Gasteiger partial charge in [0, 0.05) is 24.2 Å². The smallest absolute Gasteiger partial charge is 0.134 e. The van der Waals surface area contributed by atoms with E-state index in [9.17, 15) is 5.11 Å². The quantitative estimate of drug-likeness (QED) is 0.887. The third-order valence-electron chi connectivity index (χ3n) is 4.49. The van der Waals surface area contributed by atoms with Gasteiger partial charge in [0.2, 0.25) is 0 Å². The van der Waals surface area contributed by atoms with E-state index in [0.717, 1.165) is 30.3 Å². The first-order chi connectivity index (χ1) is 10.6. The molecule has 1 aliphatic carbocycles. The van der Waals surface area contributed by atoms with Crippen LogP contribution in [0.5, 0.6) is 0 Å². The van der Waals surface area contributed by atoms with Crippen molar-refractivity contribution in [3.8, 4) is 0 Å². The molecule has 2 aliphatic rings. The van der Waals surface area contributed by atoms with Crippen molar-refractivity contribution in [3.63, 3.8) is 0 Å². The van der Waals surface area contributed by atoms with E-state index in [2.05, 4.69) is 25.3 Å². The van der Waals surface area contributed by atoms with Gasteiger partial charge in [-0.3, -0.25) is 0 Å². The number of aromatic nitrogens is 5. The van der Waals surface area contributed by atoms with Gasteiger partial charge >= 0.3 is 0 Å². The molecule has 22 heavy (non-hydrogen) atoms. The SMILES string of the molecule is Cc1cc(N2CCC[C@](O)(c3cn[nH]n3)C2)nc(C2CC2)n1. The summed E-state index contributed by atoms with van der Waals surface area (Å²) < 4.78 is 0. The fraction of sp³-hybridized carbons (Fsp3) is 0.600. The highest BCUT2D eigenvalue weighted by Crippen LogP contribution is 2.39. The molecule has 0 aromatic carbocycles. The minimum absolute atomic E-state index is 0.486. The Bertz CT molecular complexity index is 669. The fourth-order valence-electron chi connectivity index (χ4n) is 3.13. The Morgan fingerprint density at radius 1 is 1.36 bits per heavy atom. The number of piperidine rings is 1. The Morgan fingerprint density at radius 3 is 2.95 bits per heavy atom. The Balaban J connectivity index is 1.62. The normalized spacial score (nSPS) is 25.5. The average Bonchev–Trinajstić information content (AvgIpc) is 3.20. The number of aromatic amines is 1. The summed E-state index contributed by atoms with van der Waals surface area (Å²) in [4.78, 5) is 11.4. The summed E-state index contributed by atoms with van der Waals surface area (Å²) in [5.74, 6) is 2.39. The summed E-state index contributed by atoms with van der Waals surface area (Å²) in [6.07, 6.45) is 5.56. The molecule has 2 fully saturated rings. The van der Waals surface area contributed by atoms with E-state index in [1.54, 1.807) is 6.20 Å². The number of aryl methyl sites for hydroxylation is 1. The van der Waals surface area contributed by atoms with Gasteiger partial charge in [-0.25, -0.2) is 9.97 Å². The molecule has 116 valence electrons. The van der Waals surface area contributed by atoms with E-state index < -0.39 is 5.60 Å². The highest BCUT2D eigenvalue weighted by Gasteiger charge is 2.38. The molecule has 7 nitrogen and oxygen atoms in total. The minimum atomic E-state index is -0.968. The van der Waals surface area contributed by atoms with Crippen molar-refractivity contribution in [2.24, 2.45) is 0 Å². The molecule has 2 N–H and O–H groups in total. The molecule has 0 spiro atoms. The van der Waals surface area contributed by atoms with Crippen LogP contribution in [0.2, 0.25) is 0 Å². The van der Waals surface area contributed by atoms with Crippen LogP contribution < -0.4 is 4.90 Å². The molecule has 2 aromatic rings. The minimum Gasteiger partial charge on any atom is -0.382 e. The van der Waals surface area contributed by atoms with E-state index in [-0.39, 0.29) is 0 Å². The predicted molar refractivity (Wildman–Crippen MR) is 80.5 cm³/mol. The molecule has 4 rings (SSSR count). The fourth-order valence-corrected chi connectivity index (χ4v) is 3.13. The molecular weight excluding hydrogens is 280 g/mol. The third-order valence-corrected chi connectivity index (χ3v) is 4.49. The zero-order chi connectivity index (χ0) is 15.2. The second-order valence-corrected chi connectivity index (χ2v) is 6.41. The Kier molecular flexibility index (Phi) is 3.11. The maximum atomic E-state index is 10.9. The molecule has 1 aliphatic heterocycles. The van der Waals surface area contributed by atoms with E-state index in [1.165, 1.54) is 12.8 Å². The zero-order valence-corrected chi connectivity index (χ0v) is 12.7. The molecular formula is C15H20N6O. The van der Waals surface area contributed by atoms with Crippen LogP contribution in [-0.2, 0) is 5.60 Å². The third kappa shape index (κ3) is 2.45. The second kappa shape index (κ2) is 5.01. The number of aliphatic hydroxyl groups is 1. The van der Waals surface area contributed by atoms with Crippen LogP contribution in [0.4, 0.5) is 5.82 Å². The zero-order valence-electron chi connectivity index (χ0n) is 12.7. The maximum absolute atomic E-state index is 10.9. The van der Waals surface area contributed by atoms with Crippen LogP contribution in [-0.4, -0.2) is 43.6 Å². The van der Waals surface area contributed by atoms with E-state index >= 15 is 0 Å². The van der Waals surface area contributed by atoms with Gasteiger partial charge in [-0.15, -0.1) is 0 Å². The van der Waals surface area contributed by atoms with Crippen molar-refractivity contribution in [2.75, 3.05) is 18.0 Å². The number of nitrogens with zero attached hydrogens (tertiary/aromatic N) is 5. The van der Waals surface area contributed by atoms with Crippen molar-refractivity contribution in [1.82, 2.24) is 25.4 Å². The largest absolute Gasteiger partial charge is 0.382 e. The van der Waals surface area contributed by atoms with Gasteiger partial charge in [0.1, 0.15) is 22.9 Å². The lowest BCUT2D eigenvalue weighted by Gasteiger charge is -2.38. The molecule has 1 atom stereocenters. The Labute approximate surface area is 128 Å². The van der Waals surface area contributed by atoms with Crippen molar-refractivity contribution in [3.05, 3.63) is 29.5 Å². The molecule has 0 bridgehead atoms. The van der Waals surface area contributed by atoms with E-state index in [1.807, 2.05) is 13.0 Å². The Morgan fingerprint density at radius 2 is 2.23 bits per heavy atom. The molecule has 0 radical (unpaired) electrons. The lowest BCUT2D eigenvalue weighted by molar-refractivity contribution is 0.0174. The van der Waals surface area contributed by atoms with Crippen LogP contribution in [0.1, 0.15) is 48.8 Å². The van der Waals surface area contributed by atoms with Crippen molar-refractivity contribution < 1.29 is 5.11 Å². The highest BCUT2D eigenvalue weighted by molar-refractivity contribution is 5.42. The first-order valence-electron chi connectivity index (χ1n) is 7.83. The number of β-amino-alcohol motifs (C(OH)–C–C–N with tert-alkyl or cyclic N) is 1. The topological polar surface area (TPSA) is 90.8 Å². The van der Waals surface area contributed by atoms with Gasteiger partial charge < -0.3 is 10.0 Å². The highest BCUT2D eigenvalue weighted by atomic mass is 16.3. The summed E-state index contributed by atoms with van der Waals surface area (Å²) in [5, 5.41) is 21.4.